The fraction of sp³-hybridized carbons (Fsp3) is 0.333. The molecule has 0 aliphatic carbocycles. The molecule has 160 valence electrons. The monoisotopic (exact) mass is 446 g/mol. The molecule has 7 nitrogen and oxygen atoms in total. The van der Waals surface area contributed by atoms with Crippen LogP contribution in [0.2, 0.25) is 0 Å². The number of hydrogen-bond acceptors (Lipinski definition) is 5. The van der Waals surface area contributed by atoms with Crippen LogP contribution in [0.4, 0.5) is 5.69 Å². The maximum absolute atomic E-state index is 12.8. The van der Waals surface area contributed by atoms with Crippen LogP contribution < -0.4 is 5.32 Å². The van der Waals surface area contributed by atoms with E-state index in [4.69, 9.17) is 0 Å². The minimum Gasteiger partial charge on any atom is -0.324 e. The molecule has 3 rings (SSSR count). The normalized spacial score (nSPS) is 11.9. The van der Waals surface area contributed by atoms with E-state index in [1.54, 1.807) is 43.8 Å². The smallest absolute Gasteiger partial charge is 0.244 e. The number of fused-ring (bicyclic) bond motifs is 1. The van der Waals surface area contributed by atoms with Crippen LogP contribution in [0, 0.1) is 0 Å². The van der Waals surface area contributed by atoms with Crippen molar-refractivity contribution in [2.75, 3.05) is 24.7 Å². The number of carbonyl (C=O) groups excluding carboxylic acids is 1. The van der Waals surface area contributed by atoms with Gasteiger partial charge in [0, 0.05) is 18.8 Å². The van der Waals surface area contributed by atoms with Crippen molar-refractivity contribution in [2.24, 2.45) is 0 Å². The summed E-state index contributed by atoms with van der Waals surface area (Å²) in [5.41, 5.74) is 2.19. The third kappa shape index (κ3) is 4.69. The lowest BCUT2D eigenvalue weighted by molar-refractivity contribution is -0.116. The fourth-order valence-corrected chi connectivity index (χ4v) is 5.32. The Balaban J connectivity index is 1.83. The number of carbonyl (C=O) groups is 1. The number of rotatable bonds is 9. The lowest BCUT2D eigenvalue weighted by Crippen LogP contribution is -2.30. The molecule has 3 aromatic rings. The summed E-state index contributed by atoms with van der Waals surface area (Å²) in [6, 6.07) is 14.1. The fourth-order valence-electron chi connectivity index (χ4n) is 3.33. The van der Waals surface area contributed by atoms with E-state index in [1.165, 1.54) is 10.4 Å². The highest BCUT2D eigenvalue weighted by molar-refractivity contribution is 7.97. The molecule has 0 saturated carbocycles. The topological polar surface area (TPSA) is 84.3 Å². The number of sulfonamides is 1. The summed E-state index contributed by atoms with van der Waals surface area (Å²) in [6.45, 7) is 4.48. The zero-order chi connectivity index (χ0) is 21.7. The van der Waals surface area contributed by atoms with Crippen molar-refractivity contribution in [1.29, 1.82) is 0 Å². The summed E-state index contributed by atoms with van der Waals surface area (Å²) in [7, 11) is -3.59. The first kappa shape index (κ1) is 22.3. The van der Waals surface area contributed by atoms with Gasteiger partial charge in [-0.2, -0.15) is 16.1 Å². The van der Waals surface area contributed by atoms with Crippen LogP contribution in [0.3, 0.4) is 0 Å². The van der Waals surface area contributed by atoms with Gasteiger partial charge in [0.1, 0.15) is 12.4 Å². The molecule has 30 heavy (non-hydrogen) atoms. The second-order valence-electron chi connectivity index (χ2n) is 6.70. The highest BCUT2D eigenvalue weighted by Crippen LogP contribution is 2.21. The molecule has 0 saturated heterocycles. The van der Waals surface area contributed by atoms with Crippen molar-refractivity contribution < 1.29 is 13.2 Å². The molecular weight excluding hydrogens is 420 g/mol. The minimum absolute atomic E-state index is 0.101. The van der Waals surface area contributed by atoms with Gasteiger partial charge >= 0.3 is 0 Å². The summed E-state index contributed by atoms with van der Waals surface area (Å²) < 4.78 is 28.8. The quantitative estimate of drug-likeness (QED) is 0.543. The summed E-state index contributed by atoms with van der Waals surface area (Å²) in [4.78, 5) is 17.6. The first-order valence-corrected chi connectivity index (χ1v) is 12.6. The van der Waals surface area contributed by atoms with Gasteiger partial charge in [0.05, 0.1) is 21.7 Å². The van der Waals surface area contributed by atoms with Gasteiger partial charge in [-0.05, 0) is 36.6 Å². The molecule has 0 aliphatic rings. The van der Waals surface area contributed by atoms with Crippen LogP contribution in [-0.4, -0.2) is 47.5 Å². The highest BCUT2D eigenvalue weighted by atomic mass is 32.2. The number of nitrogens with one attached hydrogen (secondary N) is 1. The average Bonchev–Trinajstić information content (AvgIpc) is 3.06. The van der Waals surface area contributed by atoms with Gasteiger partial charge in [-0.3, -0.25) is 4.79 Å². The number of benzene rings is 2. The number of para-hydroxylation sites is 2. The van der Waals surface area contributed by atoms with Crippen molar-refractivity contribution in [3.05, 3.63) is 54.4 Å². The van der Waals surface area contributed by atoms with Gasteiger partial charge in [-0.15, -0.1) is 0 Å². The van der Waals surface area contributed by atoms with Gasteiger partial charge in [0.25, 0.3) is 0 Å². The molecule has 1 heterocycles. The molecule has 0 spiro atoms. The van der Waals surface area contributed by atoms with Gasteiger partial charge in [-0.25, -0.2) is 13.4 Å². The Morgan fingerprint density at radius 2 is 1.87 bits per heavy atom. The Morgan fingerprint density at radius 1 is 1.13 bits per heavy atom. The van der Waals surface area contributed by atoms with Crippen molar-refractivity contribution >= 4 is 44.4 Å². The Hall–Kier alpha value is -2.36. The summed E-state index contributed by atoms with van der Waals surface area (Å²) in [6.07, 6.45) is 1.99. The number of anilines is 1. The van der Waals surface area contributed by atoms with Gasteiger partial charge in [0.15, 0.2) is 0 Å². The van der Waals surface area contributed by atoms with E-state index in [0.29, 0.717) is 24.5 Å². The van der Waals surface area contributed by atoms with Crippen LogP contribution in [0.1, 0.15) is 19.7 Å². The lowest BCUT2D eigenvalue weighted by Gasteiger charge is -2.19. The summed E-state index contributed by atoms with van der Waals surface area (Å²) in [5.74, 6) is 1.29. The number of imidazole rings is 1. The predicted octanol–water partition coefficient (Wildman–Crippen LogP) is 3.57. The van der Waals surface area contributed by atoms with E-state index in [1.807, 2.05) is 35.1 Å². The van der Waals surface area contributed by atoms with E-state index in [0.717, 1.165) is 16.9 Å². The van der Waals surface area contributed by atoms with E-state index in [-0.39, 0.29) is 17.3 Å². The Morgan fingerprint density at radius 3 is 2.57 bits per heavy atom. The third-order valence-corrected chi connectivity index (χ3v) is 7.36. The maximum Gasteiger partial charge on any atom is 0.244 e. The van der Waals surface area contributed by atoms with Gasteiger partial charge in [0.2, 0.25) is 15.9 Å². The third-order valence-electron chi connectivity index (χ3n) is 4.77. The Labute approximate surface area is 181 Å². The van der Waals surface area contributed by atoms with Crippen LogP contribution in [0.15, 0.2) is 53.4 Å². The Kier molecular flexibility index (Phi) is 7.17. The molecule has 2 aromatic carbocycles. The predicted molar refractivity (Wildman–Crippen MR) is 122 cm³/mol. The molecular formula is C21H26N4O3S2. The Bertz CT molecular complexity index is 1140. The zero-order valence-electron chi connectivity index (χ0n) is 17.3. The van der Waals surface area contributed by atoms with E-state index in [9.17, 15) is 13.2 Å². The second-order valence-corrected chi connectivity index (χ2v) is 9.51. The first-order chi connectivity index (χ1) is 14.4. The van der Waals surface area contributed by atoms with Gasteiger partial charge in [-0.1, -0.05) is 32.0 Å². The number of thioether (sulfide) groups is 1. The molecule has 1 N–H and O–H groups in total. The van der Waals surface area contributed by atoms with Crippen LogP contribution >= 0.6 is 11.8 Å². The largest absolute Gasteiger partial charge is 0.324 e. The van der Waals surface area contributed by atoms with Crippen molar-refractivity contribution in [2.45, 2.75) is 31.0 Å². The average molecular weight is 447 g/mol. The SMILES string of the molecule is CCN(CC)S(=O)(=O)c1cccc(NC(=O)Cn2c(CSC)nc3ccccc32)c1. The lowest BCUT2D eigenvalue weighted by atomic mass is 10.3. The van der Waals surface area contributed by atoms with Crippen molar-refractivity contribution in [1.82, 2.24) is 13.9 Å². The molecule has 0 radical (unpaired) electrons. The molecule has 9 heteroatoms. The van der Waals surface area contributed by atoms with Crippen LogP contribution in [0.5, 0.6) is 0 Å². The maximum atomic E-state index is 12.8. The number of hydrogen-bond donors (Lipinski definition) is 1. The number of aromatic nitrogens is 2. The van der Waals surface area contributed by atoms with Crippen LogP contribution in [0.25, 0.3) is 11.0 Å². The summed E-state index contributed by atoms with van der Waals surface area (Å²) in [5, 5.41) is 2.82. The van der Waals surface area contributed by atoms with E-state index in [2.05, 4.69) is 10.3 Å². The van der Waals surface area contributed by atoms with Gasteiger partial charge < -0.3 is 9.88 Å². The zero-order valence-corrected chi connectivity index (χ0v) is 19.0. The number of amides is 1. The van der Waals surface area contributed by atoms with E-state index >= 15 is 0 Å². The number of nitrogens with zero attached hydrogens (tertiary/aromatic N) is 3. The second kappa shape index (κ2) is 9.63. The molecule has 0 atom stereocenters. The first-order valence-electron chi connectivity index (χ1n) is 9.73. The molecule has 0 aliphatic heterocycles. The molecule has 0 unspecified atom stereocenters. The van der Waals surface area contributed by atoms with Crippen molar-refractivity contribution in [3.8, 4) is 0 Å². The van der Waals surface area contributed by atoms with E-state index < -0.39 is 10.0 Å². The molecule has 1 aromatic heterocycles. The standard InChI is InChI=1S/C21H26N4O3S2/c1-4-24(5-2)30(27,28)17-10-8-9-16(13-17)22-21(26)14-25-19-12-7-6-11-18(19)23-20(25)15-29-3/h6-13H,4-5,14-15H2,1-3H3,(H,22,26). The summed E-state index contributed by atoms with van der Waals surface area (Å²) >= 11 is 1.64. The van der Waals surface area contributed by atoms with Crippen LogP contribution in [-0.2, 0) is 27.1 Å². The molecule has 0 fully saturated rings. The molecule has 1 amide bonds. The molecule has 0 bridgehead atoms. The highest BCUT2D eigenvalue weighted by Gasteiger charge is 2.22. The van der Waals surface area contributed by atoms with Crippen molar-refractivity contribution in [3.63, 3.8) is 0 Å². The minimum atomic E-state index is -3.59.